The van der Waals surface area contributed by atoms with E-state index < -0.39 is 0 Å². The van der Waals surface area contributed by atoms with Crippen LogP contribution in [-0.2, 0) is 0 Å². The van der Waals surface area contributed by atoms with E-state index in [9.17, 15) is 0 Å². The van der Waals surface area contributed by atoms with E-state index in [1.165, 1.54) is 38.5 Å². The first-order valence-corrected chi connectivity index (χ1v) is 9.79. The molecule has 0 saturated heterocycles. The lowest BCUT2D eigenvalue weighted by atomic mass is 9.65. The summed E-state index contributed by atoms with van der Waals surface area (Å²) in [4.78, 5) is 0. The fourth-order valence-corrected chi connectivity index (χ4v) is 4.51. The van der Waals surface area contributed by atoms with E-state index in [-0.39, 0.29) is 0 Å². The molecule has 0 spiro atoms. The molecule has 0 atom stereocenters. The van der Waals surface area contributed by atoms with Gasteiger partial charge in [0.1, 0.15) is 0 Å². The van der Waals surface area contributed by atoms with Crippen molar-refractivity contribution in [3.63, 3.8) is 0 Å². The van der Waals surface area contributed by atoms with Crippen molar-refractivity contribution in [3.05, 3.63) is 0 Å². The monoisotopic (exact) mass is 282 g/mol. The number of rotatable bonds is 3. The van der Waals surface area contributed by atoms with E-state index in [1.807, 2.05) is 27.7 Å². The maximum absolute atomic E-state index is 2.48. The van der Waals surface area contributed by atoms with Gasteiger partial charge in [0.2, 0.25) is 0 Å². The van der Waals surface area contributed by atoms with Gasteiger partial charge in [-0.15, -0.1) is 0 Å². The Labute approximate surface area is 130 Å². The van der Waals surface area contributed by atoms with Crippen LogP contribution in [0.3, 0.4) is 0 Å². The minimum Gasteiger partial charge on any atom is -0.0683 e. The standard InChI is InChI=1S/C16H30.2C2H6/c1-13(2)16(14-9-5-3-6-10-14)15-11-7-4-8-12-15;2*1-2/h13-16H,3-12H2,1-2H3;2*1-2H3. The topological polar surface area (TPSA) is 0 Å². The largest absolute Gasteiger partial charge is 0.0683 e. The van der Waals surface area contributed by atoms with Gasteiger partial charge in [0.15, 0.2) is 0 Å². The fraction of sp³-hybridized carbons (Fsp3) is 1.00. The molecule has 2 aliphatic carbocycles. The lowest BCUT2D eigenvalue weighted by molar-refractivity contribution is 0.102. The quantitative estimate of drug-likeness (QED) is 0.503. The third kappa shape index (κ3) is 6.64. The van der Waals surface area contributed by atoms with Gasteiger partial charge in [-0.05, 0) is 23.7 Å². The van der Waals surface area contributed by atoms with Gasteiger partial charge in [0, 0.05) is 0 Å². The average Bonchev–Trinajstić information content (AvgIpc) is 2.53. The summed E-state index contributed by atoms with van der Waals surface area (Å²) >= 11 is 0. The first kappa shape index (κ1) is 20.0. The molecule has 0 nitrogen and oxygen atoms in total. The first-order chi connectivity index (χ1) is 9.79. The molecule has 122 valence electrons. The van der Waals surface area contributed by atoms with Crippen LogP contribution in [0.5, 0.6) is 0 Å². The Morgan fingerprint density at radius 1 is 0.550 bits per heavy atom. The Bertz CT molecular complexity index is 164. The summed E-state index contributed by atoms with van der Waals surface area (Å²) in [5.41, 5.74) is 0. The molecule has 0 amide bonds. The van der Waals surface area contributed by atoms with Crippen LogP contribution in [0.2, 0.25) is 0 Å². The molecule has 2 fully saturated rings. The Morgan fingerprint density at radius 2 is 0.850 bits per heavy atom. The highest BCUT2D eigenvalue weighted by molar-refractivity contribution is 4.83. The molecular weight excluding hydrogens is 240 g/mol. The predicted octanol–water partition coefficient (Wildman–Crippen LogP) is 7.47. The zero-order chi connectivity index (χ0) is 15.4. The lowest BCUT2D eigenvalue weighted by Crippen LogP contribution is -2.31. The molecule has 0 aliphatic heterocycles. The van der Waals surface area contributed by atoms with Gasteiger partial charge in [-0.3, -0.25) is 0 Å². The third-order valence-corrected chi connectivity index (χ3v) is 5.16. The van der Waals surface area contributed by atoms with E-state index in [2.05, 4.69) is 13.8 Å². The smallest absolute Gasteiger partial charge is 0.0334 e. The number of hydrogen-bond acceptors (Lipinski definition) is 0. The molecule has 0 aromatic heterocycles. The zero-order valence-electron chi connectivity index (χ0n) is 15.4. The first-order valence-electron chi connectivity index (χ1n) is 9.79. The third-order valence-electron chi connectivity index (χ3n) is 5.16. The van der Waals surface area contributed by atoms with Crippen LogP contribution in [0.15, 0.2) is 0 Å². The van der Waals surface area contributed by atoms with E-state index in [0.717, 1.165) is 23.7 Å². The van der Waals surface area contributed by atoms with Crippen molar-refractivity contribution in [3.8, 4) is 0 Å². The van der Waals surface area contributed by atoms with Crippen molar-refractivity contribution in [1.82, 2.24) is 0 Å². The molecule has 0 aromatic rings. The van der Waals surface area contributed by atoms with Crippen molar-refractivity contribution in [2.45, 2.75) is 106 Å². The van der Waals surface area contributed by atoms with Gasteiger partial charge in [-0.2, -0.15) is 0 Å². The molecule has 20 heavy (non-hydrogen) atoms. The highest BCUT2D eigenvalue weighted by atomic mass is 14.4. The second-order valence-electron chi connectivity index (χ2n) is 6.62. The summed E-state index contributed by atoms with van der Waals surface area (Å²) < 4.78 is 0. The Hall–Kier alpha value is 0. The summed E-state index contributed by atoms with van der Waals surface area (Å²) in [5.74, 6) is 4.14. The van der Waals surface area contributed by atoms with Crippen LogP contribution >= 0.6 is 0 Å². The van der Waals surface area contributed by atoms with Gasteiger partial charge in [0.05, 0.1) is 0 Å². The highest BCUT2D eigenvalue weighted by Crippen LogP contribution is 2.43. The second kappa shape index (κ2) is 12.7. The zero-order valence-corrected chi connectivity index (χ0v) is 15.4. The van der Waals surface area contributed by atoms with Crippen LogP contribution < -0.4 is 0 Å². The van der Waals surface area contributed by atoms with Gasteiger partial charge in [-0.25, -0.2) is 0 Å². The van der Waals surface area contributed by atoms with Gasteiger partial charge < -0.3 is 0 Å². The fourth-order valence-electron chi connectivity index (χ4n) is 4.51. The summed E-state index contributed by atoms with van der Waals surface area (Å²) in [6.07, 6.45) is 15.2. The molecule has 0 unspecified atom stereocenters. The van der Waals surface area contributed by atoms with Crippen LogP contribution in [0.4, 0.5) is 0 Å². The average molecular weight is 283 g/mol. The maximum Gasteiger partial charge on any atom is -0.0334 e. The molecule has 0 bridgehead atoms. The second-order valence-corrected chi connectivity index (χ2v) is 6.62. The lowest BCUT2D eigenvalue weighted by Gasteiger charge is -2.40. The molecule has 0 radical (unpaired) electrons. The van der Waals surface area contributed by atoms with Crippen molar-refractivity contribution in [2.75, 3.05) is 0 Å². The highest BCUT2D eigenvalue weighted by Gasteiger charge is 2.33. The Balaban J connectivity index is 0.000000829. The molecular formula is C20H42. The van der Waals surface area contributed by atoms with Gasteiger partial charge in [-0.1, -0.05) is 106 Å². The number of hydrogen-bond donors (Lipinski definition) is 0. The molecule has 2 aliphatic rings. The SMILES string of the molecule is CC.CC.CC(C)C(C1CCCCC1)C1CCCCC1. The minimum absolute atomic E-state index is 0.922. The van der Waals surface area contributed by atoms with Crippen LogP contribution in [0.1, 0.15) is 106 Å². The van der Waals surface area contributed by atoms with E-state index in [0.29, 0.717) is 0 Å². The molecule has 2 saturated carbocycles. The Kier molecular flexibility index (Phi) is 12.7. The maximum atomic E-state index is 2.48. The molecule has 0 heteroatoms. The van der Waals surface area contributed by atoms with Crippen LogP contribution in [0, 0.1) is 23.7 Å². The van der Waals surface area contributed by atoms with Gasteiger partial charge >= 0.3 is 0 Å². The Morgan fingerprint density at radius 3 is 1.10 bits per heavy atom. The predicted molar refractivity (Wildman–Crippen MR) is 94.2 cm³/mol. The minimum atomic E-state index is 0.922. The van der Waals surface area contributed by atoms with Crippen molar-refractivity contribution < 1.29 is 0 Å². The van der Waals surface area contributed by atoms with E-state index in [1.54, 1.807) is 25.7 Å². The summed E-state index contributed by atoms with van der Waals surface area (Å²) in [7, 11) is 0. The van der Waals surface area contributed by atoms with E-state index >= 15 is 0 Å². The summed E-state index contributed by atoms with van der Waals surface area (Å²) in [6.45, 7) is 13.0. The van der Waals surface area contributed by atoms with Crippen LogP contribution in [-0.4, -0.2) is 0 Å². The molecule has 2 rings (SSSR count). The van der Waals surface area contributed by atoms with Crippen molar-refractivity contribution in [1.29, 1.82) is 0 Å². The van der Waals surface area contributed by atoms with Gasteiger partial charge in [0.25, 0.3) is 0 Å². The normalized spacial score (nSPS) is 21.0. The summed E-state index contributed by atoms with van der Waals surface area (Å²) in [6, 6.07) is 0. The summed E-state index contributed by atoms with van der Waals surface area (Å²) in [5, 5.41) is 0. The van der Waals surface area contributed by atoms with Crippen molar-refractivity contribution >= 4 is 0 Å². The van der Waals surface area contributed by atoms with E-state index in [4.69, 9.17) is 0 Å². The molecule has 0 aromatic carbocycles. The van der Waals surface area contributed by atoms with Crippen LogP contribution in [0.25, 0.3) is 0 Å². The van der Waals surface area contributed by atoms with Crippen molar-refractivity contribution in [2.24, 2.45) is 23.7 Å². The molecule has 0 heterocycles. The molecule has 0 N–H and O–H groups in total.